The van der Waals surface area contributed by atoms with Crippen molar-refractivity contribution in [3.05, 3.63) is 22.7 Å². The van der Waals surface area contributed by atoms with Crippen molar-refractivity contribution < 1.29 is 14.3 Å². The number of benzene rings is 1. The van der Waals surface area contributed by atoms with Crippen LogP contribution in [0, 0.1) is 0 Å². The number of hydrogen-bond acceptors (Lipinski definition) is 4. The monoisotopic (exact) mass is 326 g/mol. The maximum Gasteiger partial charge on any atom is 0.254 e. The van der Waals surface area contributed by atoms with E-state index in [1.54, 1.807) is 17.0 Å². The van der Waals surface area contributed by atoms with Crippen LogP contribution in [0.5, 0.6) is 11.5 Å². The van der Waals surface area contributed by atoms with Gasteiger partial charge in [-0.3, -0.25) is 4.79 Å². The van der Waals surface area contributed by atoms with Gasteiger partial charge < -0.3 is 20.1 Å². The van der Waals surface area contributed by atoms with Crippen LogP contribution in [0.1, 0.15) is 37.0 Å². The zero-order valence-electron chi connectivity index (χ0n) is 13.1. The van der Waals surface area contributed by atoms with E-state index in [1.165, 1.54) is 0 Å². The summed E-state index contributed by atoms with van der Waals surface area (Å²) in [4.78, 5) is 14.3. The summed E-state index contributed by atoms with van der Waals surface area (Å²) >= 11 is 6.29. The van der Waals surface area contributed by atoms with Crippen LogP contribution in [0.15, 0.2) is 12.1 Å². The molecule has 0 unspecified atom stereocenters. The Morgan fingerprint density at radius 3 is 2.77 bits per heavy atom. The van der Waals surface area contributed by atoms with E-state index in [0.29, 0.717) is 48.4 Å². The zero-order chi connectivity index (χ0) is 16.1. The molecule has 5 nitrogen and oxygen atoms in total. The van der Waals surface area contributed by atoms with Gasteiger partial charge in [0, 0.05) is 24.7 Å². The van der Waals surface area contributed by atoms with Crippen LogP contribution in [0.2, 0.25) is 5.02 Å². The molecule has 1 heterocycles. The Kier molecular flexibility index (Phi) is 5.91. The maximum absolute atomic E-state index is 12.5. The van der Waals surface area contributed by atoms with E-state index < -0.39 is 0 Å². The average molecular weight is 327 g/mol. The van der Waals surface area contributed by atoms with Gasteiger partial charge in [-0.1, -0.05) is 18.5 Å². The number of amides is 1. The number of nitrogens with zero attached hydrogens (tertiary/aromatic N) is 1. The number of nitrogens with two attached hydrogens (primary N) is 1. The number of likely N-dealkylation sites (tertiary alicyclic amines) is 1. The summed E-state index contributed by atoms with van der Waals surface area (Å²) in [6.07, 6.45) is 1.70. The van der Waals surface area contributed by atoms with Crippen LogP contribution >= 0.6 is 11.6 Å². The molecule has 1 aromatic rings. The summed E-state index contributed by atoms with van der Waals surface area (Å²) < 4.78 is 11.2. The molecule has 1 aromatic carbocycles. The van der Waals surface area contributed by atoms with E-state index in [4.69, 9.17) is 26.8 Å². The van der Waals surface area contributed by atoms with Gasteiger partial charge in [0.1, 0.15) is 0 Å². The summed E-state index contributed by atoms with van der Waals surface area (Å²) in [6, 6.07) is 3.39. The van der Waals surface area contributed by atoms with Crippen molar-refractivity contribution in [1.29, 1.82) is 0 Å². The normalized spacial score (nSPS) is 17.6. The number of hydrogen-bond donors (Lipinski definition) is 1. The van der Waals surface area contributed by atoms with Gasteiger partial charge in [-0.2, -0.15) is 0 Å². The third-order valence-electron chi connectivity index (χ3n) is 3.52. The Bertz CT molecular complexity index is 536. The molecule has 2 N–H and O–H groups in total. The highest BCUT2D eigenvalue weighted by Gasteiger charge is 2.26. The summed E-state index contributed by atoms with van der Waals surface area (Å²) in [5.41, 5.74) is 6.37. The van der Waals surface area contributed by atoms with E-state index in [9.17, 15) is 4.79 Å². The number of carbonyl (C=O) groups is 1. The molecule has 0 aliphatic carbocycles. The molecule has 0 saturated carbocycles. The first kappa shape index (κ1) is 16.9. The smallest absolute Gasteiger partial charge is 0.254 e. The fourth-order valence-corrected chi connectivity index (χ4v) is 2.72. The first-order valence-corrected chi connectivity index (χ1v) is 8.08. The molecule has 1 aliphatic rings. The van der Waals surface area contributed by atoms with Crippen molar-refractivity contribution in [3.8, 4) is 11.5 Å². The van der Waals surface area contributed by atoms with Gasteiger partial charge in [0.2, 0.25) is 0 Å². The van der Waals surface area contributed by atoms with E-state index in [-0.39, 0.29) is 11.9 Å². The molecule has 2 rings (SSSR count). The SMILES string of the molecule is CCCOc1c(Cl)cc(C(=O)N2CC[C@@H](N)C2)cc1OCC. The lowest BCUT2D eigenvalue weighted by molar-refractivity contribution is 0.0790. The van der Waals surface area contributed by atoms with Crippen LogP contribution in [-0.2, 0) is 0 Å². The van der Waals surface area contributed by atoms with Gasteiger partial charge in [-0.05, 0) is 31.9 Å². The lowest BCUT2D eigenvalue weighted by atomic mass is 10.1. The molecule has 1 fully saturated rings. The van der Waals surface area contributed by atoms with Crippen molar-refractivity contribution in [3.63, 3.8) is 0 Å². The second kappa shape index (κ2) is 7.70. The highest BCUT2D eigenvalue weighted by molar-refractivity contribution is 6.32. The molecule has 1 saturated heterocycles. The Hall–Kier alpha value is -1.46. The molecule has 1 amide bonds. The lowest BCUT2D eigenvalue weighted by Crippen LogP contribution is -2.31. The van der Waals surface area contributed by atoms with Gasteiger partial charge in [0.05, 0.1) is 18.2 Å². The summed E-state index contributed by atoms with van der Waals surface area (Å²) in [5, 5.41) is 0.395. The molecule has 0 bridgehead atoms. The van der Waals surface area contributed by atoms with Crippen LogP contribution in [-0.4, -0.2) is 43.2 Å². The van der Waals surface area contributed by atoms with Crippen molar-refractivity contribution in [2.75, 3.05) is 26.3 Å². The summed E-state index contributed by atoms with van der Waals surface area (Å²) in [6.45, 7) is 6.18. The molecule has 0 radical (unpaired) electrons. The molecule has 1 atom stereocenters. The fraction of sp³-hybridized carbons (Fsp3) is 0.562. The second-order valence-electron chi connectivity index (χ2n) is 5.37. The van der Waals surface area contributed by atoms with E-state index in [0.717, 1.165) is 12.8 Å². The number of rotatable bonds is 6. The van der Waals surface area contributed by atoms with Crippen LogP contribution < -0.4 is 15.2 Å². The Morgan fingerprint density at radius 1 is 1.41 bits per heavy atom. The standard InChI is InChI=1S/C16H23ClN2O3/c1-3-7-22-15-13(17)8-11(9-14(15)21-4-2)16(20)19-6-5-12(18)10-19/h8-9,12H,3-7,10,18H2,1-2H3/t12-/m1/s1. The third kappa shape index (κ3) is 3.84. The molecular formula is C16H23ClN2O3. The minimum Gasteiger partial charge on any atom is -0.490 e. The third-order valence-corrected chi connectivity index (χ3v) is 3.80. The van der Waals surface area contributed by atoms with Crippen LogP contribution in [0.4, 0.5) is 0 Å². The highest BCUT2D eigenvalue weighted by Crippen LogP contribution is 2.37. The Morgan fingerprint density at radius 2 is 2.18 bits per heavy atom. The Labute approximate surface area is 136 Å². The lowest BCUT2D eigenvalue weighted by Gasteiger charge is -2.18. The molecule has 122 valence electrons. The predicted molar refractivity (Wildman–Crippen MR) is 86.9 cm³/mol. The molecule has 0 aromatic heterocycles. The number of ether oxygens (including phenoxy) is 2. The first-order chi connectivity index (χ1) is 10.6. The fourth-order valence-electron chi connectivity index (χ4n) is 2.45. The van der Waals surface area contributed by atoms with Crippen LogP contribution in [0.25, 0.3) is 0 Å². The quantitative estimate of drug-likeness (QED) is 0.873. The first-order valence-electron chi connectivity index (χ1n) is 7.70. The average Bonchev–Trinajstić information content (AvgIpc) is 2.92. The minimum atomic E-state index is -0.0714. The summed E-state index contributed by atoms with van der Waals surface area (Å²) in [7, 11) is 0. The van der Waals surface area contributed by atoms with E-state index in [2.05, 4.69) is 0 Å². The Balaban J connectivity index is 2.26. The molecule has 0 spiro atoms. The summed E-state index contributed by atoms with van der Waals surface area (Å²) in [5.74, 6) is 0.938. The largest absolute Gasteiger partial charge is 0.490 e. The van der Waals surface area contributed by atoms with Gasteiger partial charge in [0.25, 0.3) is 5.91 Å². The number of halogens is 1. The number of carbonyl (C=O) groups excluding carboxylic acids is 1. The van der Waals surface area contributed by atoms with Crippen molar-refractivity contribution in [2.24, 2.45) is 5.73 Å². The van der Waals surface area contributed by atoms with Crippen molar-refractivity contribution >= 4 is 17.5 Å². The molecule has 6 heteroatoms. The maximum atomic E-state index is 12.5. The minimum absolute atomic E-state index is 0.0537. The van der Waals surface area contributed by atoms with E-state index in [1.807, 2.05) is 13.8 Å². The predicted octanol–water partition coefficient (Wildman–Crippen LogP) is 2.70. The van der Waals surface area contributed by atoms with Gasteiger partial charge >= 0.3 is 0 Å². The van der Waals surface area contributed by atoms with E-state index >= 15 is 0 Å². The van der Waals surface area contributed by atoms with Crippen LogP contribution in [0.3, 0.4) is 0 Å². The van der Waals surface area contributed by atoms with Gasteiger partial charge in [0.15, 0.2) is 11.5 Å². The molecule has 1 aliphatic heterocycles. The molecular weight excluding hydrogens is 304 g/mol. The van der Waals surface area contributed by atoms with Gasteiger partial charge in [-0.15, -0.1) is 0 Å². The van der Waals surface area contributed by atoms with Crippen molar-refractivity contribution in [1.82, 2.24) is 4.90 Å². The molecule has 22 heavy (non-hydrogen) atoms. The van der Waals surface area contributed by atoms with Crippen molar-refractivity contribution in [2.45, 2.75) is 32.7 Å². The highest BCUT2D eigenvalue weighted by atomic mass is 35.5. The topological polar surface area (TPSA) is 64.8 Å². The zero-order valence-corrected chi connectivity index (χ0v) is 13.9. The second-order valence-corrected chi connectivity index (χ2v) is 5.77. The van der Waals surface area contributed by atoms with Gasteiger partial charge in [-0.25, -0.2) is 0 Å².